The van der Waals surface area contributed by atoms with Gasteiger partial charge in [-0.2, -0.15) is 5.10 Å². The van der Waals surface area contributed by atoms with Gasteiger partial charge in [0.15, 0.2) is 0 Å². The van der Waals surface area contributed by atoms with Crippen molar-refractivity contribution in [1.82, 2.24) is 9.78 Å². The lowest BCUT2D eigenvalue weighted by molar-refractivity contribution is 0.519. The van der Waals surface area contributed by atoms with Crippen molar-refractivity contribution in [2.24, 2.45) is 5.73 Å². The first-order valence-electron chi connectivity index (χ1n) is 6.47. The molecule has 3 heteroatoms. The highest BCUT2D eigenvalue weighted by Gasteiger charge is 2.11. The first-order valence-corrected chi connectivity index (χ1v) is 6.47. The minimum Gasteiger partial charge on any atom is -0.322 e. The smallest absolute Gasteiger partial charge is 0.0605 e. The molecule has 0 saturated carbocycles. The molecule has 0 bridgehead atoms. The number of aryl methyl sites for hydroxylation is 1. The van der Waals surface area contributed by atoms with Crippen LogP contribution in [0.25, 0.3) is 10.8 Å². The lowest BCUT2D eigenvalue weighted by Gasteiger charge is -2.15. The Kier molecular flexibility index (Phi) is 3.05. The molecule has 0 amide bonds. The largest absolute Gasteiger partial charge is 0.322 e. The molecule has 0 saturated heterocycles. The molecule has 3 nitrogen and oxygen atoms in total. The summed E-state index contributed by atoms with van der Waals surface area (Å²) >= 11 is 0. The van der Waals surface area contributed by atoms with E-state index in [1.807, 2.05) is 23.9 Å². The number of nitrogens with two attached hydrogens (primary N) is 1. The van der Waals surface area contributed by atoms with Gasteiger partial charge in [-0.15, -0.1) is 0 Å². The maximum Gasteiger partial charge on any atom is 0.0605 e. The van der Waals surface area contributed by atoms with Crippen LogP contribution in [0.5, 0.6) is 0 Å². The van der Waals surface area contributed by atoms with Crippen LogP contribution in [-0.4, -0.2) is 9.78 Å². The molecular formula is C16H17N3. The van der Waals surface area contributed by atoms with Gasteiger partial charge in [0.1, 0.15) is 0 Å². The minimum atomic E-state index is -0.0512. The van der Waals surface area contributed by atoms with E-state index in [1.165, 1.54) is 16.3 Å². The molecule has 2 aromatic carbocycles. The number of aromatic nitrogens is 2. The summed E-state index contributed by atoms with van der Waals surface area (Å²) in [5, 5.41) is 6.75. The zero-order valence-electron chi connectivity index (χ0n) is 11.0. The van der Waals surface area contributed by atoms with Crippen molar-refractivity contribution in [3.8, 4) is 0 Å². The molecule has 19 heavy (non-hydrogen) atoms. The maximum atomic E-state index is 6.36. The van der Waals surface area contributed by atoms with Crippen LogP contribution in [0.15, 0.2) is 54.7 Å². The van der Waals surface area contributed by atoms with E-state index < -0.39 is 0 Å². The fourth-order valence-corrected chi connectivity index (χ4v) is 2.45. The van der Waals surface area contributed by atoms with Crippen molar-refractivity contribution >= 4 is 10.8 Å². The molecule has 96 valence electrons. The van der Waals surface area contributed by atoms with Crippen molar-refractivity contribution in [2.75, 3.05) is 0 Å². The van der Waals surface area contributed by atoms with Gasteiger partial charge in [-0.3, -0.25) is 4.68 Å². The van der Waals surface area contributed by atoms with Crippen molar-refractivity contribution in [3.05, 3.63) is 66.0 Å². The molecule has 1 unspecified atom stereocenters. The van der Waals surface area contributed by atoms with Crippen molar-refractivity contribution in [2.45, 2.75) is 19.5 Å². The lowest BCUT2D eigenvalue weighted by atomic mass is 9.99. The highest BCUT2D eigenvalue weighted by Crippen LogP contribution is 2.24. The third kappa shape index (κ3) is 2.25. The van der Waals surface area contributed by atoms with Crippen LogP contribution in [0.3, 0.4) is 0 Å². The predicted molar refractivity (Wildman–Crippen MR) is 77.8 cm³/mol. The van der Waals surface area contributed by atoms with Gasteiger partial charge in [-0.05, 0) is 29.3 Å². The summed E-state index contributed by atoms with van der Waals surface area (Å²) in [6, 6.07) is 16.6. The van der Waals surface area contributed by atoms with Crippen LogP contribution >= 0.6 is 0 Å². The summed E-state index contributed by atoms with van der Waals surface area (Å²) in [4.78, 5) is 0. The van der Waals surface area contributed by atoms with Gasteiger partial charge in [0.05, 0.1) is 12.6 Å². The SMILES string of the molecule is Cc1ccnn1CC(N)c1cccc2ccccc12. The van der Waals surface area contributed by atoms with Gasteiger partial charge in [0.2, 0.25) is 0 Å². The summed E-state index contributed by atoms with van der Waals surface area (Å²) < 4.78 is 1.95. The monoisotopic (exact) mass is 251 g/mol. The van der Waals surface area contributed by atoms with Crippen LogP contribution in [0.2, 0.25) is 0 Å². The molecule has 3 rings (SSSR count). The number of hydrogen-bond donors (Lipinski definition) is 1. The van der Waals surface area contributed by atoms with E-state index in [0.717, 1.165) is 5.69 Å². The van der Waals surface area contributed by atoms with E-state index in [2.05, 4.69) is 47.6 Å². The highest BCUT2D eigenvalue weighted by molar-refractivity contribution is 5.86. The summed E-state index contributed by atoms with van der Waals surface area (Å²) in [5.74, 6) is 0. The van der Waals surface area contributed by atoms with Crippen LogP contribution in [0.1, 0.15) is 17.3 Å². The molecule has 3 aromatic rings. The number of fused-ring (bicyclic) bond motifs is 1. The van der Waals surface area contributed by atoms with Gasteiger partial charge >= 0.3 is 0 Å². The van der Waals surface area contributed by atoms with E-state index in [1.54, 1.807) is 0 Å². The number of benzene rings is 2. The summed E-state index contributed by atoms with van der Waals surface area (Å²) in [5.41, 5.74) is 8.67. The standard InChI is InChI=1S/C16H17N3/c1-12-9-10-18-19(12)11-16(17)15-8-4-6-13-5-2-3-7-14(13)15/h2-10,16H,11,17H2,1H3. The van der Waals surface area contributed by atoms with E-state index in [-0.39, 0.29) is 6.04 Å². The second-order valence-electron chi connectivity index (χ2n) is 4.83. The third-order valence-electron chi connectivity index (χ3n) is 3.52. The summed E-state index contributed by atoms with van der Waals surface area (Å²) in [7, 11) is 0. The van der Waals surface area contributed by atoms with Gasteiger partial charge < -0.3 is 5.73 Å². The Hall–Kier alpha value is -2.13. The lowest BCUT2D eigenvalue weighted by Crippen LogP contribution is -2.19. The molecule has 1 atom stereocenters. The summed E-state index contributed by atoms with van der Waals surface area (Å²) in [6.07, 6.45) is 1.81. The van der Waals surface area contributed by atoms with E-state index in [4.69, 9.17) is 5.73 Å². The second-order valence-corrected chi connectivity index (χ2v) is 4.83. The fraction of sp³-hybridized carbons (Fsp3) is 0.188. The predicted octanol–water partition coefficient (Wildman–Crippen LogP) is 3.04. The molecule has 1 heterocycles. The molecule has 2 N–H and O–H groups in total. The van der Waals surface area contributed by atoms with Crippen molar-refractivity contribution in [3.63, 3.8) is 0 Å². The topological polar surface area (TPSA) is 43.8 Å². The zero-order valence-corrected chi connectivity index (χ0v) is 11.0. The Bertz CT molecular complexity index is 695. The Morgan fingerprint density at radius 1 is 1.11 bits per heavy atom. The molecule has 0 aliphatic carbocycles. The Labute approximate surface area is 112 Å². The van der Waals surface area contributed by atoms with Crippen molar-refractivity contribution < 1.29 is 0 Å². The molecule has 1 aromatic heterocycles. The zero-order chi connectivity index (χ0) is 13.2. The molecule has 0 radical (unpaired) electrons. The van der Waals surface area contributed by atoms with Crippen LogP contribution in [0, 0.1) is 6.92 Å². The first kappa shape index (κ1) is 11.9. The van der Waals surface area contributed by atoms with Gasteiger partial charge in [-0.25, -0.2) is 0 Å². The van der Waals surface area contributed by atoms with Crippen LogP contribution < -0.4 is 5.73 Å². The Morgan fingerprint density at radius 3 is 2.68 bits per heavy atom. The quantitative estimate of drug-likeness (QED) is 0.777. The molecule has 0 aliphatic heterocycles. The number of rotatable bonds is 3. The Balaban J connectivity index is 1.98. The number of hydrogen-bond acceptors (Lipinski definition) is 2. The third-order valence-corrected chi connectivity index (χ3v) is 3.52. The Morgan fingerprint density at radius 2 is 1.89 bits per heavy atom. The molecular weight excluding hydrogens is 234 g/mol. The summed E-state index contributed by atoms with van der Waals surface area (Å²) in [6.45, 7) is 2.75. The highest BCUT2D eigenvalue weighted by atomic mass is 15.3. The normalized spacial score (nSPS) is 12.7. The van der Waals surface area contributed by atoms with E-state index in [0.29, 0.717) is 6.54 Å². The maximum absolute atomic E-state index is 6.36. The van der Waals surface area contributed by atoms with Gasteiger partial charge in [0.25, 0.3) is 0 Å². The average Bonchev–Trinajstić information content (AvgIpc) is 2.83. The average molecular weight is 251 g/mol. The molecule has 0 spiro atoms. The first-order chi connectivity index (χ1) is 9.25. The van der Waals surface area contributed by atoms with Crippen molar-refractivity contribution in [1.29, 1.82) is 0 Å². The minimum absolute atomic E-state index is 0.0512. The van der Waals surface area contributed by atoms with Crippen LogP contribution in [0.4, 0.5) is 0 Å². The molecule has 0 aliphatic rings. The number of nitrogens with zero attached hydrogens (tertiary/aromatic N) is 2. The van der Waals surface area contributed by atoms with E-state index in [9.17, 15) is 0 Å². The second kappa shape index (κ2) is 4.86. The van der Waals surface area contributed by atoms with E-state index >= 15 is 0 Å². The van der Waals surface area contributed by atoms with Gasteiger partial charge in [0, 0.05) is 11.9 Å². The molecule has 0 fully saturated rings. The van der Waals surface area contributed by atoms with Crippen LogP contribution in [-0.2, 0) is 6.54 Å². The fourth-order valence-electron chi connectivity index (χ4n) is 2.45. The van der Waals surface area contributed by atoms with Gasteiger partial charge in [-0.1, -0.05) is 42.5 Å².